The zero-order chi connectivity index (χ0) is 15.5. The van der Waals surface area contributed by atoms with Crippen LogP contribution in [-0.4, -0.2) is 23.9 Å². The zero-order valence-corrected chi connectivity index (χ0v) is 12.1. The number of fused-ring (bicyclic) bond motifs is 1. The van der Waals surface area contributed by atoms with Crippen LogP contribution in [0.2, 0.25) is 0 Å². The van der Waals surface area contributed by atoms with Gasteiger partial charge in [0.2, 0.25) is 5.91 Å². The molecule has 2 unspecified atom stereocenters. The predicted octanol–water partition coefficient (Wildman–Crippen LogP) is 2.19. The van der Waals surface area contributed by atoms with E-state index >= 15 is 0 Å². The lowest BCUT2D eigenvalue weighted by Crippen LogP contribution is -2.41. The molecule has 1 aliphatic heterocycles. The van der Waals surface area contributed by atoms with Gasteiger partial charge >= 0.3 is 0 Å². The van der Waals surface area contributed by atoms with Gasteiger partial charge < -0.3 is 5.32 Å². The Morgan fingerprint density at radius 3 is 3.09 bits per heavy atom. The van der Waals surface area contributed by atoms with Crippen LogP contribution in [-0.2, 0) is 16.1 Å². The van der Waals surface area contributed by atoms with Crippen molar-refractivity contribution in [3.8, 4) is 0 Å². The Balaban J connectivity index is 1.66. The molecule has 22 heavy (non-hydrogen) atoms. The van der Waals surface area contributed by atoms with Gasteiger partial charge in [-0.25, -0.2) is 4.39 Å². The molecule has 114 valence electrons. The van der Waals surface area contributed by atoms with E-state index in [1.54, 1.807) is 12.1 Å². The Hall–Kier alpha value is -2.30. The fourth-order valence-electron chi connectivity index (χ4n) is 2.85. The number of amides is 1. The van der Waals surface area contributed by atoms with Crippen LogP contribution >= 0.6 is 0 Å². The number of ketones is 1. The highest BCUT2D eigenvalue weighted by atomic mass is 19.1. The fourth-order valence-corrected chi connectivity index (χ4v) is 2.85. The third kappa shape index (κ3) is 2.98. The molecule has 0 aromatic heterocycles. The summed E-state index contributed by atoms with van der Waals surface area (Å²) in [4.78, 5) is 28.9. The van der Waals surface area contributed by atoms with Crippen LogP contribution in [0.4, 0.5) is 4.39 Å². The summed E-state index contributed by atoms with van der Waals surface area (Å²) in [6.45, 7) is 0.191. The quantitative estimate of drug-likeness (QED) is 0.870. The van der Waals surface area contributed by atoms with Crippen molar-refractivity contribution < 1.29 is 14.0 Å². The normalized spacial score (nSPS) is 23.7. The minimum Gasteiger partial charge on any atom is -0.351 e. The van der Waals surface area contributed by atoms with Crippen LogP contribution < -0.4 is 5.32 Å². The molecule has 0 bridgehead atoms. The van der Waals surface area contributed by atoms with E-state index < -0.39 is 5.92 Å². The van der Waals surface area contributed by atoms with E-state index in [9.17, 15) is 14.0 Å². The molecular formula is C17H17FN2O2. The molecule has 0 saturated carbocycles. The van der Waals surface area contributed by atoms with Crippen LogP contribution in [0.15, 0.2) is 40.9 Å². The molecule has 5 heteroatoms. The number of rotatable bonds is 3. The number of Topliss-reactive ketones (excluding diaryl/α,β-unsaturated/α-hetero) is 1. The van der Waals surface area contributed by atoms with Crippen molar-refractivity contribution in [1.82, 2.24) is 5.32 Å². The Morgan fingerprint density at radius 2 is 2.27 bits per heavy atom. The maximum absolute atomic E-state index is 13.1. The first-order valence-corrected chi connectivity index (χ1v) is 7.45. The largest absolute Gasteiger partial charge is 0.351 e. The molecule has 3 rings (SSSR count). The van der Waals surface area contributed by atoms with E-state index in [2.05, 4.69) is 10.3 Å². The molecule has 1 N–H and O–H groups in total. The van der Waals surface area contributed by atoms with Gasteiger partial charge in [0.15, 0.2) is 5.78 Å². The second-order valence-electron chi connectivity index (χ2n) is 5.59. The van der Waals surface area contributed by atoms with Gasteiger partial charge in [0.25, 0.3) is 0 Å². The molecule has 0 spiro atoms. The SMILES string of the molecule is O=C(NCc1cccc(F)c1)C1C=NC2CCCC=C2C1=O. The van der Waals surface area contributed by atoms with Crippen LogP contribution in [0.1, 0.15) is 24.8 Å². The molecule has 4 nitrogen and oxygen atoms in total. The number of allylic oxidation sites excluding steroid dienone is 1. The van der Waals surface area contributed by atoms with Crippen molar-refractivity contribution in [1.29, 1.82) is 0 Å². The van der Waals surface area contributed by atoms with E-state index in [-0.39, 0.29) is 30.1 Å². The monoisotopic (exact) mass is 300 g/mol. The van der Waals surface area contributed by atoms with Crippen molar-refractivity contribution in [2.75, 3.05) is 0 Å². The maximum atomic E-state index is 13.1. The van der Waals surface area contributed by atoms with Crippen molar-refractivity contribution in [3.63, 3.8) is 0 Å². The number of halogens is 1. The highest BCUT2D eigenvalue weighted by Gasteiger charge is 2.35. The van der Waals surface area contributed by atoms with Gasteiger partial charge in [0, 0.05) is 18.3 Å². The van der Waals surface area contributed by atoms with Crippen molar-refractivity contribution in [3.05, 3.63) is 47.3 Å². The first-order valence-electron chi connectivity index (χ1n) is 7.45. The second kappa shape index (κ2) is 6.22. The predicted molar refractivity (Wildman–Crippen MR) is 81.0 cm³/mol. The standard InChI is InChI=1S/C17H17FN2O2/c18-12-5-3-4-11(8-12)9-20-17(22)14-10-19-15-7-2-1-6-13(15)16(14)21/h3-6,8,10,14-15H,1-2,7,9H2,(H,20,22). The molecular weight excluding hydrogens is 283 g/mol. The highest BCUT2D eigenvalue weighted by Crippen LogP contribution is 2.27. The maximum Gasteiger partial charge on any atom is 0.236 e. The molecule has 1 heterocycles. The Kier molecular flexibility index (Phi) is 4.13. The molecule has 1 amide bonds. The lowest BCUT2D eigenvalue weighted by atomic mass is 9.84. The average Bonchev–Trinajstić information content (AvgIpc) is 2.53. The van der Waals surface area contributed by atoms with E-state index in [1.807, 2.05) is 6.08 Å². The number of hydrogen-bond donors (Lipinski definition) is 1. The van der Waals surface area contributed by atoms with Gasteiger partial charge in [0.1, 0.15) is 11.7 Å². The molecule has 0 fully saturated rings. The van der Waals surface area contributed by atoms with Gasteiger partial charge in [-0.1, -0.05) is 18.2 Å². The number of aliphatic imine (C=N–C) groups is 1. The number of carbonyl (C=O) groups is 2. The number of benzene rings is 1. The first kappa shape index (κ1) is 14.6. The smallest absolute Gasteiger partial charge is 0.236 e. The number of nitrogens with zero attached hydrogens (tertiary/aromatic N) is 1. The van der Waals surface area contributed by atoms with Gasteiger partial charge in [-0.2, -0.15) is 0 Å². The van der Waals surface area contributed by atoms with Gasteiger partial charge in [-0.3, -0.25) is 14.6 Å². The highest BCUT2D eigenvalue weighted by molar-refractivity contribution is 6.21. The minimum atomic E-state index is -0.867. The topological polar surface area (TPSA) is 58.5 Å². The van der Waals surface area contributed by atoms with Crippen LogP contribution in [0.25, 0.3) is 0 Å². The van der Waals surface area contributed by atoms with E-state index in [0.29, 0.717) is 11.1 Å². The Bertz CT molecular complexity index is 666. The van der Waals surface area contributed by atoms with Crippen LogP contribution in [0.5, 0.6) is 0 Å². The minimum absolute atomic E-state index is 0.0754. The molecule has 2 atom stereocenters. The molecule has 1 aliphatic carbocycles. The number of carbonyl (C=O) groups excluding carboxylic acids is 2. The molecule has 0 radical (unpaired) electrons. The average molecular weight is 300 g/mol. The molecule has 1 aromatic carbocycles. The molecule has 1 aromatic rings. The van der Waals surface area contributed by atoms with Gasteiger partial charge in [0.05, 0.1) is 6.04 Å². The Morgan fingerprint density at radius 1 is 1.41 bits per heavy atom. The first-order chi connectivity index (χ1) is 10.6. The lowest BCUT2D eigenvalue weighted by molar-refractivity contribution is -0.129. The third-order valence-corrected chi connectivity index (χ3v) is 4.03. The Labute approximate surface area is 128 Å². The number of nitrogens with one attached hydrogen (secondary N) is 1. The van der Waals surface area contributed by atoms with E-state index in [4.69, 9.17) is 0 Å². The van der Waals surface area contributed by atoms with Crippen LogP contribution in [0, 0.1) is 11.7 Å². The van der Waals surface area contributed by atoms with Gasteiger partial charge in [-0.05, 0) is 37.0 Å². The summed E-state index contributed by atoms with van der Waals surface area (Å²) < 4.78 is 13.1. The summed E-state index contributed by atoms with van der Waals surface area (Å²) >= 11 is 0. The van der Waals surface area contributed by atoms with E-state index in [1.165, 1.54) is 18.3 Å². The van der Waals surface area contributed by atoms with E-state index in [0.717, 1.165) is 19.3 Å². The van der Waals surface area contributed by atoms with Gasteiger partial charge in [-0.15, -0.1) is 0 Å². The summed E-state index contributed by atoms with van der Waals surface area (Å²) in [5.41, 5.74) is 1.32. The molecule has 2 aliphatic rings. The zero-order valence-electron chi connectivity index (χ0n) is 12.1. The summed E-state index contributed by atoms with van der Waals surface area (Å²) in [6, 6.07) is 5.93. The van der Waals surface area contributed by atoms with Crippen LogP contribution in [0.3, 0.4) is 0 Å². The summed E-state index contributed by atoms with van der Waals surface area (Å²) in [7, 11) is 0. The van der Waals surface area contributed by atoms with Crippen molar-refractivity contribution in [2.45, 2.75) is 31.8 Å². The lowest BCUT2D eigenvalue weighted by Gasteiger charge is -2.26. The second-order valence-corrected chi connectivity index (χ2v) is 5.59. The summed E-state index contributed by atoms with van der Waals surface area (Å²) in [6.07, 6.45) is 6.11. The molecule has 0 saturated heterocycles. The fraction of sp³-hybridized carbons (Fsp3) is 0.353. The number of hydrogen-bond acceptors (Lipinski definition) is 3. The summed E-state index contributed by atoms with van der Waals surface area (Å²) in [5.74, 6) is -1.76. The van der Waals surface area contributed by atoms with Crippen molar-refractivity contribution in [2.24, 2.45) is 10.9 Å². The summed E-state index contributed by atoms with van der Waals surface area (Å²) in [5, 5.41) is 2.68. The third-order valence-electron chi connectivity index (χ3n) is 4.03. The van der Waals surface area contributed by atoms with Crippen molar-refractivity contribution >= 4 is 17.9 Å².